The van der Waals surface area contributed by atoms with Gasteiger partial charge in [0.05, 0.1) is 12.2 Å². The average Bonchev–Trinajstić information content (AvgIpc) is 2.56. The van der Waals surface area contributed by atoms with Gasteiger partial charge in [-0.25, -0.2) is 0 Å². The molecule has 0 radical (unpaired) electrons. The molecular formula is C20H20Br2O4. The Hall–Kier alpha value is -1.66. The van der Waals surface area contributed by atoms with E-state index < -0.39 is 0 Å². The number of aldehydes is 2. The monoisotopic (exact) mass is 482 g/mol. The second-order valence-corrected chi connectivity index (χ2v) is 8.02. The first-order valence-corrected chi connectivity index (χ1v) is 9.76. The van der Waals surface area contributed by atoms with Gasteiger partial charge in [0.2, 0.25) is 0 Å². The van der Waals surface area contributed by atoms with Gasteiger partial charge in [-0.05, 0) is 52.0 Å². The number of ether oxygens (including phenoxy) is 2. The lowest BCUT2D eigenvalue weighted by molar-refractivity contribution is 0.111. The first-order valence-electron chi connectivity index (χ1n) is 8.18. The maximum Gasteiger partial charge on any atom is 0.151 e. The molecule has 0 heterocycles. The summed E-state index contributed by atoms with van der Waals surface area (Å²) in [6.07, 6.45) is 1.42. The highest BCUT2D eigenvalue weighted by atomic mass is 79.9. The standard InChI is InChI=1S/C20H20Br2O4/c1-11(2)25-19-5-13(9-23)17(21)7-15(19)16-8-18(22)14(10-24)6-20(16)26-12(3)4/h5-12H,1-4H3. The quantitative estimate of drug-likeness (QED) is 0.448. The molecule has 0 spiro atoms. The summed E-state index contributed by atoms with van der Waals surface area (Å²) in [5, 5.41) is 0. The fraction of sp³-hybridized carbons (Fsp3) is 0.300. The lowest BCUT2D eigenvalue weighted by Crippen LogP contribution is -2.09. The third-order valence-corrected chi connectivity index (χ3v) is 4.84. The number of halogens is 2. The van der Waals surface area contributed by atoms with Crippen molar-refractivity contribution >= 4 is 44.4 Å². The molecule has 0 saturated carbocycles. The van der Waals surface area contributed by atoms with Crippen LogP contribution in [0.5, 0.6) is 11.5 Å². The van der Waals surface area contributed by atoms with Crippen LogP contribution in [0.15, 0.2) is 33.2 Å². The molecule has 0 saturated heterocycles. The average molecular weight is 484 g/mol. The second kappa shape index (κ2) is 8.82. The summed E-state index contributed by atoms with van der Waals surface area (Å²) in [5.41, 5.74) is 2.54. The Morgan fingerprint density at radius 2 is 1.08 bits per heavy atom. The van der Waals surface area contributed by atoms with Gasteiger partial charge in [0.25, 0.3) is 0 Å². The van der Waals surface area contributed by atoms with Gasteiger partial charge in [0.15, 0.2) is 12.6 Å². The zero-order valence-corrected chi connectivity index (χ0v) is 18.2. The number of hydrogen-bond donors (Lipinski definition) is 0. The van der Waals surface area contributed by atoms with Crippen LogP contribution >= 0.6 is 31.9 Å². The summed E-state index contributed by atoms with van der Waals surface area (Å²) < 4.78 is 13.2. The van der Waals surface area contributed by atoms with Crippen LogP contribution in [0.2, 0.25) is 0 Å². The van der Waals surface area contributed by atoms with E-state index in [4.69, 9.17) is 9.47 Å². The molecule has 0 aromatic heterocycles. The van der Waals surface area contributed by atoms with Crippen LogP contribution in [0, 0.1) is 0 Å². The molecule has 2 aromatic rings. The molecule has 2 rings (SSSR count). The van der Waals surface area contributed by atoms with Crippen LogP contribution in [0.25, 0.3) is 11.1 Å². The molecule has 4 nitrogen and oxygen atoms in total. The summed E-state index contributed by atoms with van der Waals surface area (Å²) in [6.45, 7) is 7.68. The van der Waals surface area contributed by atoms with Crippen molar-refractivity contribution in [3.8, 4) is 22.6 Å². The van der Waals surface area contributed by atoms with E-state index in [0.29, 0.717) is 31.6 Å². The fourth-order valence-corrected chi connectivity index (χ4v) is 3.32. The van der Waals surface area contributed by atoms with E-state index in [1.54, 1.807) is 12.1 Å². The normalized spacial score (nSPS) is 10.9. The third-order valence-electron chi connectivity index (χ3n) is 3.47. The van der Waals surface area contributed by atoms with Gasteiger partial charge in [-0.1, -0.05) is 31.9 Å². The van der Waals surface area contributed by atoms with Crippen LogP contribution in [0.1, 0.15) is 48.4 Å². The highest BCUT2D eigenvalue weighted by Crippen LogP contribution is 2.42. The molecule has 0 aliphatic rings. The van der Waals surface area contributed by atoms with E-state index in [1.807, 2.05) is 39.8 Å². The SMILES string of the molecule is CC(C)Oc1cc(C=O)c(Br)cc1-c1cc(Br)c(C=O)cc1OC(C)C. The number of benzene rings is 2. The van der Waals surface area contributed by atoms with Gasteiger partial charge in [-0.15, -0.1) is 0 Å². The topological polar surface area (TPSA) is 52.6 Å². The van der Waals surface area contributed by atoms with Crippen molar-refractivity contribution in [2.24, 2.45) is 0 Å². The number of carbonyl (C=O) groups is 2. The number of carbonyl (C=O) groups excluding carboxylic acids is 2. The van der Waals surface area contributed by atoms with E-state index in [0.717, 1.165) is 23.7 Å². The molecule has 0 N–H and O–H groups in total. The van der Waals surface area contributed by atoms with Crippen molar-refractivity contribution in [1.29, 1.82) is 0 Å². The molecule has 0 aliphatic carbocycles. The van der Waals surface area contributed by atoms with Gasteiger partial charge in [0.1, 0.15) is 11.5 Å². The smallest absolute Gasteiger partial charge is 0.151 e. The minimum Gasteiger partial charge on any atom is -0.490 e. The Labute approximate surface area is 170 Å². The zero-order chi connectivity index (χ0) is 19.4. The zero-order valence-electron chi connectivity index (χ0n) is 15.0. The van der Waals surface area contributed by atoms with E-state index in [-0.39, 0.29) is 12.2 Å². The van der Waals surface area contributed by atoms with Crippen molar-refractivity contribution in [3.63, 3.8) is 0 Å². The highest BCUT2D eigenvalue weighted by molar-refractivity contribution is 9.10. The van der Waals surface area contributed by atoms with Gasteiger partial charge in [-0.3, -0.25) is 9.59 Å². The summed E-state index contributed by atoms with van der Waals surface area (Å²) in [6, 6.07) is 7.06. The highest BCUT2D eigenvalue weighted by Gasteiger charge is 2.19. The summed E-state index contributed by atoms with van der Waals surface area (Å²) >= 11 is 6.86. The van der Waals surface area contributed by atoms with E-state index in [2.05, 4.69) is 31.9 Å². The predicted octanol–water partition coefficient (Wildman–Crippen LogP) is 6.08. The van der Waals surface area contributed by atoms with Gasteiger partial charge >= 0.3 is 0 Å². The van der Waals surface area contributed by atoms with E-state index in [1.165, 1.54) is 0 Å². The number of hydrogen-bond acceptors (Lipinski definition) is 4. The molecule has 0 aliphatic heterocycles. The third kappa shape index (κ3) is 4.74. The molecule has 0 amide bonds. The van der Waals surface area contributed by atoms with Crippen molar-refractivity contribution in [2.75, 3.05) is 0 Å². The largest absolute Gasteiger partial charge is 0.490 e. The Bertz CT molecular complexity index is 760. The van der Waals surface area contributed by atoms with Crippen LogP contribution in [0.4, 0.5) is 0 Å². The minimum absolute atomic E-state index is 0.0680. The van der Waals surface area contributed by atoms with Crippen molar-refractivity contribution in [1.82, 2.24) is 0 Å². The first-order chi connectivity index (χ1) is 12.3. The molecule has 0 fully saturated rings. The molecule has 0 atom stereocenters. The van der Waals surface area contributed by atoms with Crippen LogP contribution in [0.3, 0.4) is 0 Å². The summed E-state index contributed by atoms with van der Waals surface area (Å²) in [5.74, 6) is 1.15. The summed E-state index contributed by atoms with van der Waals surface area (Å²) in [4.78, 5) is 22.6. The van der Waals surface area contributed by atoms with E-state index >= 15 is 0 Å². The second-order valence-electron chi connectivity index (χ2n) is 6.31. The Morgan fingerprint density at radius 1 is 0.731 bits per heavy atom. The molecular weight excluding hydrogens is 464 g/mol. The maximum absolute atomic E-state index is 11.3. The van der Waals surface area contributed by atoms with Crippen LogP contribution in [-0.2, 0) is 0 Å². The molecule has 138 valence electrons. The predicted molar refractivity (Wildman–Crippen MR) is 110 cm³/mol. The molecule has 0 bridgehead atoms. The maximum atomic E-state index is 11.3. The van der Waals surface area contributed by atoms with E-state index in [9.17, 15) is 9.59 Å². The first kappa shape index (κ1) is 20.6. The number of rotatable bonds is 7. The molecule has 26 heavy (non-hydrogen) atoms. The van der Waals surface area contributed by atoms with Crippen molar-refractivity contribution in [2.45, 2.75) is 39.9 Å². The minimum atomic E-state index is -0.0680. The molecule has 0 unspecified atom stereocenters. The van der Waals surface area contributed by atoms with Crippen molar-refractivity contribution in [3.05, 3.63) is 44.3 Å². The van der Waals surface area contributed by atoms with Gasteiger partial charge in [-0.2, -0.15) is 0 Å². The lowest BCUT2D eigenvalue weighted by atomic mass is 10.00. The Balaban J connectivity index is 2.76. The molecule has 6 heteroatoms. The van der Waals surface area contributed by atoms with Gasteiger partial charge < -0.3 is 9.47 Å². The lowest BCUT2D eigenvalue weighted by Gasteiger charge is -2.20. The van der Waals surface area contributed by atoms with Crippen LogP contribution in [-0.4, -0.2) is 24.8 Å². The molecule has 2 aromatic carbocycles. The fourth-order valence-electron chi connectivity index (χ4n) is 2.44. The summed E-state index contributed by atoms with van der Waals surface area (Å²) in [7, 11) is 0. The Kier molecular flexibility index (Phi) is 7.01. The Morgan fingerprint density at radius 3 is 1.35 bits per heavy atom. The van der Waals surface area contributed by atoms with Crippen molar-refractivity contribution < 1.29 is 19.1 Å². The van der Waals surface area contributed by atoms with Gasteiger partial charge in [0, 0.05) is 31.2 Å². The van der Waals surface area contributed by atoms with Crippen LogP contribution < -0.4 is 9.47 Å².